The van der Waals surface area contributed by atoms with E-state index in [1.54, 1.807) is 32.0 Å². The molecule has 0 aliphatic heterocycles. The van der Waals surface area contributed by atoms with Gasteiger partial charge in [0.25, 0.3) is 0 Å². The van der Waals surface area contributed by atoms with Crippen LogP contribution in [0.1, 0.15) is 38.3 Å². The van der Waals surface area contributed by atoms with E-state index in [-0.39, 0.29) is 6.42 Å². The number of carbonyl (C=O) groups is 3. The van der Waals surface area contributed by atoms with Gasteiger partial charge < -0.3 is 9.84 Å². The first-order valence-corrected chi connectivity index (χ1v) is 7.23. The predicted molar refractivity (Wildman–Crippen MR) is 82.4 cm³/mol. The predicted octanol–water partition coefficient (Wildman–Crippen LogP) is 1.80. The van der Waals surface area contributed by atoms with Gasteiger partial charge in [-0.1, -0.05) is 13.0 Å². The molecule has 0 fully saturated rings. The fraction of sp³-hybridized carbons (Fsp3) is 0.412. The summed E-state index contributed by atoms with van der Waals surface area (Å²) >= 11 is 0. The van der Waals surface area contributed by atoms with Crippen LogP contribution < -0.4 is 0 Å². The Labute approximate surface area is 134 Å². The Kier molecular flexibility index (Phi) is 6.94. The highest BCUT2D eigenvalue weighted by molar-refractivity contribution is 6.16. The molecule has 0 spiro atoms. The third-order valence-electron chi connectivity index (χ3n) is 3.37. The minimum atomic E-state index is -1.91. The van der Waals surface area contributed by atoms with Crippen LogP contribution in [0.15, 0.2) is 24.4 Å². The van der Waals surface area contributed by atoms with Crippen LogP contribution >= 0.6 is 0 Å². The quantitative estimate of drug-likeness (QED) is 0.446. The zero-order valence-electron chi connectivity index (χ0n) is 13.1. The average molecular weight is 317 g/mol. The van der Waals surface area contributed by atoms with Gasteiger partial charge in [0.2, 0.25) is 5.92 Å². The Morgan fingerprint density at radius 3 is 2.57 bits per heavy atom. The van der Waals surface area contributed by atoms with Gasteiger partial charge in [-0.3, -0.25) is 19.4 Å². The van der Waals surface area contributed by atoms with E-state index in [2.05, 4.69) is 10.9 Å². The summed E-state index contributed by atoms with van der Waals surface area (Å²) in [5.74, 6) is -4.00. The van der Waals surface area contributed by atoms with Crippen LogP contribution in [0.3, 0.4) is 0 Å². The lowest BCUT2D eigenvalue weighted by Crippen LogP contribution is -2.37. The van der Waals surface area contributed by atoms with Crippen LogP contribution in [0.5, 0.6) is 0 Å². The fourth-order valence-corrected chi connectivity index (χ4v) is 1.94. The van der Waals surface area contributed by atoms with Crippen molar-refractivity contribution in [1.29, 1.82) is 0 Å². The molecule has 0 bridgehead atoms. The molecule has 3 unspecified atom stereocenters. The number of hydrogen-bond acceptors (Lipinski definition) is 5. The molecule has 1 N–H and O–H groups in total. The Hall–Kier alpha value is -2.68. The van der Waals surface area contributed by atoms with E-state index in [4.69, 9.17) is 11.2 Å². The number of aromatic nitrogens is 1. The van der Waals surface area contributed by atoms with Gasteiger partial charge in [0.05, 0.1) is 17.7 Å². The normalized spacial score (nSPS) is 14.1. The van der Waals surface area contributed by atoms with Crippen molar-refractivity contribution >= 4 is 17.7 Å². The van der Waals surface area contributed by atoms with Crippen molar-refractivity contribution in [2.75, 3.05) is 0 Å². The van der Waals surface area contributed by atoms with Crippen LogP contribution in [0.4, 0.5) is 0 Å². The van der Waals surface area contributed by atoms with Gasteiger partial charge in [0.1, 0.15) is 0 Å². The lowest BCUT2D eigenvalue weighted by molar-refractivity contribution is -0.164. The summed E-state index contributed by atoms with van der Waals surface area (Å²) in [6.07, 6.45) is 6.73. The highest BCUT2D eigenvalue weighted by Crippen LogP contribution is 2.23. The number of terminal acetylenes is 1. The van der Waals surface area contributed by atoms with E-state index < -0.39 is 35.7 Å². The molecule has 0 saturated heterocycles. The molecule has 3 atom stereocenters. The van der Waals surface area contributed by atoms with Gasteiger partial charge in [-0.05, 0) is 25.5 Å². The number of ether oxygens (including phenoxy) is 1. The first kappa shape index (κ1) is 18.4. The van der Waals surface area contributed by atoms with E-state index in [0.717, 1.165) is 0 Å². The van der Waals surface area contributed by atoms with Crippen molar-refractivity contribution in [3.63, 3.8) is 0 Å². The number of carboxylic acid groups (broad SMARTS) is 1. The lowest BCUT2D eigenvalue weighted by atomic mass is 9.87. The molecule has 0 aliphatic carbocycles. The number of pyridine rings is 1. The molecule has 23 heavy (non-hydrogen) atoms. The highest BCUT2D eigenvalue weighted by atomic mass is 16.5. The highest BCUT2D eigenvalue weighted by Gasteiger charge is 2.40. The fourth-order valence-electron chi connectivity index (χ4n) is 1.94. The molecule has 1 rings (SSSR count). The molecule has 1 aromatic heterocycles. The van der Waals surface area contributed by atoms with Crippen LogP contribution in [-0.2, 0) is 19.1 Å². The topological polar surface area (TPSA) is 93.6 Å². The van der Waals surface area contributed by atoms with Gasteiger partial charge >= 0.3 is 11.9 Å². The molecule has 6 heteroatoms. The summed E-state index contributed by atoms with van der Waals surface area (Å²) in [7, 11) is 0. The summed E-state index contributed by atoms with van der Waals surface area (Å²) in [6, 6.07) is 4.89. The number of aliphatic carboxylic acids is 1. The van der Waals surface area contributed by atoms with Crippen LogP contribution in [0.25, 0.3) is 0 Å². The molecule has 0 aliphatic rings. The molecule has 6 nitrogen and oxygen atoms in total. The van der Waals surface area contributed by atoms with Crippen LogP contribution in [0.2, 0.25) is 0 Å². The van der Waals surface area contributed by atoms with E-state index in [9.17, 15) is 19.5 Å². The van der Waals surface area contributed by atoms with Crippen molar-refractivity contribution < 1.29 is 24.2 Å². The minimum absolute atomic E-state index is 0.0454. The SMILES string of the molecule is C#CCC(C(=O)C(C(=O)O)C(=O)OC(C)CC)c1ccccn1. The molecule has 1 heterocycles. The molecule has 122 valence electrons. The van der Waals surface area contributed by atoms with E-state index in [1.807, 2.05) is 0 Å². The van der Waals surface area contributed by atoms with Crippen molar-refractivity contribution in [1.82, 2.24) is 4.98 Å². The maximum Gasteiger partial charge on any atom is 0.328 e. The summed E-state index contributed by atoms with van der Waals surface area (Å²) in [5.41, 5.74) is 0.332. The summed E-state index contributed by atoms with van der Waals surface area (Å²) in [5, 5.41) is 9.27. The van der Waals surface area contributed by atoms with Crippen molar-refractivity contribution in [2.24, 2.45) is 5.92 Å². The molecule has 0 amide bonds. The summed E-state index contributed by atoms with van der Waals surface area (Å²) in [6.45, 7) is 3.41. The molecular formula is C17H19NO5. The summed E-state index contributed by atoms with van der Waals surface area (Å²) < 4.78 is 5.00. The second-order valence-electron chi connectivity index (χ2n) is 5.04. The maximum atomic E-state index is 12.6. The Balaban J connectivity index is 3.09. The van der Waals surface area contributed by atoms with Gasteiger partial charge in [0, 0.05) is 12.6 Å². The zero-order valence-corrected chi connectivity index (χ0v) is 13.1. The molecule has 1 aromatic rings. The Bertz CT molecular complexity index is 605. The second kappa shape index (κ2) is 8.69. The average Bonchev–Trinajstić information content (AvgIpc) is 2.52. The van der Waals surface area contributed by atoms with Crippen LogP contribution in [0, 0.1) is 18.3 Å². The summed E-state index contributed by atoms with van der Waals surface area (Å²) in [4.78, 5) is 40.0. The monoisotopic (exact) mass is 317 g/mol. The van der Waals surface area contributed by atoms with Crippen molar-refractivity contribution in [3.05, 3.63) is 30.1 Å². The van der Waals surface area contributed by atoms with Gasteiger partial charge in [0.15, 0.2) is 5.78 Å². The van der Waals surface area contributed by atoms with Crippen molar-refractivity contribution in [2.45, 2.75) is 38.7 Å². The largest absolute Gasteiger partial charge is 0.480 e. The van der Waals surface area contributed by atoms with E-state index in [0.29, 0.717) is 12.1 Å². The zero-order chi connectivity index (χ0) is 17.4. The first-order valence-electron chi connectivity index (χ1n) is 7.23. The minimum Gasteiger partial charge on any atom is -0.480 e. The lowest BCUT2D eigenvalue weighted by Gasteiger charge is -2.19. The standard InChI is InChI=1S/C17H19NO5/c1-4-8-12(13-9-6-7-10-18-13)15(19)14(16(20)21)17(22)23-11(3)5-2/h1,6-7,9-12,14H,5,8H2,2-3H3,(H,20,21). The number of rotatable bonds is 8. The molecular weight excluding hydrogens is 298 g/mol. The molecule has 0 aromatic carbocycles. The van der Waals surface area contributed by atoms with Gasteiger partial charge in [-0.2, -0.15) is 0 Å². The maximum absolute atomic E-state index is 12.6. The van der Waals surface area contributed by atoms with Crippen LogP contribution in [-0.4, -0.2) is 33.9 Å². The second-order valence-corrected chi connectivity index (χ2v) is 5.04. The Morgan fingerprint density at radius 2 is 2.09 bits per heavy atom. The molecule has 0 radical (unpaired) electrons. The van der Waals surface area contributed by atoms with Gasteiger partial charge in [-0.25, -0.2) is 0 Å². The smallest absolute Gasteiger partial charge is 0.328 e. The number of ketones is 1. The van der Waals surface area contributed by atoms with Crippen molar-refractivity contribution in [3.8, 4) is 12.3 Å². The number of nitrogens with zero attached hydrogens (tertiary/aromatic N) is 1. The number of hydrogen-bond donors (Lipinski definition) is 1. The third-order valence-corrected chi connectivity index (χ3v) is 3.37. The van der Waals surface area contributed by atoms with Gasteiger partial charge in [-0.15, -0.1) is 12.3 Å². The first-order chi connectivity index (χ1) is 10.9. The number of carboxylic acids is 1. The van der Waals surface area contributed by atoms with E-state index >= 15 is 0 Å². The molecule has 0 saturated carbocycles. The third kappa shape index (κ3) is 4.92. The number of Topliss-reactive ketones (excluding diaryl/α,β-unsaturated/α-hetero) is 1. The van der Waals surface area contributed by atoms with E-state index in [1.165, 1.54) is 6.20 Å². The number of carbonyl (C=O) groups excluding carboxylic acids is 2. The Morgan fingerprint density at radius 1 is 1.39 bits per heavy atom. The number of esters is 1.